The van der Waals surface area contributed by atoms with E-state index in [1.54, 1.807) is 0 Å². The molecule has 94 valence electrons. The SMILES string of the molecule is CN1CCOC(COc2cccc(CO)c2)C1. The van der Waals surface area contributed by atoms with E-state index < -0.39 is 0 Å². The quantitative estimate of drug-likeness (QED) is 0.844. The van der Waals surface area contributed by atoms with E-state index in [0.717, 1.165) is 31.0 Å². The van der Waals surface area contributed by atoms with Crippen LogP contribution >= 0.6 is 0 Å². The van der Waals surface area contributed by atoms with Gasteiger partial charge in [-0.15, -0.1) is 0 Å². The van der Waals surface area contributed by atoms with Crippen LogP contribution in [0.25, 0.3) is 0 Å². The Bertz CT molecular complexity index is 356. The lowest BCUT2D eigenvalue weighted by Crippen LogP contribution is -2.42. The third-order valence-corrected chi connectivity index (χ3v) is 2.86. The monoisotopic (exact) mass is 237 g/mol. The average Bonchev–Trinajstić information content (AvgIpc) is 2.37. The Balaban J connectivity index is 1.84. The maximum atomic E-state index is 9.03. The summed E-state index contributed by atoms with van der Waals surface area (Å²) in [4.78, 5) is 2.24. The van der Waals surface area contributed by atoms with E-state index in [0.29, 0.717) is 6.61 Å². The van der Waals surface area contributed by atoms with Crippen LogP contribution in [0.5, 0.6) is 5.75 Å². The molecular formula is C13H19NO3. The predicted molar refractivity (Wildman–Crippen MR) is 65.1 cm³/mol. The topological polar surface area (TPSA) is 41.9 Å². The number of nitrogens with zero attached hydrogens (tertiary/aromatic N) is 1. The Kier molecular flexibility index (Phi) is 4.36. The van der Waals surface area contributed by atoms with E-state index in [1.807, 2.05) is 24.3 Å². The second kappa shape index (κ2) is 6.00. The number of ether oxygens (including phenoxy) is 2. The lowest BCUT2D eigenvalue weighted by molar-refractivity contribution is -0.0403. The summed E-state index contributed by atoms with van der Waals surface area (Å²) in [5.41, 5.74) is 0.865. The zero-order chi connectivity index (χ0) is 12.1. The number of likely N-dealkylation sites (N-methyl/N-ethyl adjacent to an activating group) is 1. The first-order chi connectivity index (χ1) is 8.28. The number of aliphatic hydroxyl groups excluding tert-OH is 1. The lowest BCUT2D eigenvalue weighted by atomic mass is 10.2. The molecule has 1 atom stereocenters. The van der Waals surface area contributed by atoms with Crippen LogP contribution in [0.15, 0.2) is 24.3 Å². The molecule has 1 N–H and O–H groups in total. The Morgan fingerprint density at radius 1 is 1.53 bits per heavy atom. The van der Waals surface area contributed by atoms with Gasteiger partial charge >= 0.3 is 0 Å². The van der Waals surface area contributed by atoms with Gasteiger partial charge in [-0.3, -0.25) is 0 Å². The summed E-state index contributed by atoms with van der Waals surface area (Å²) in [5, 5.41) is 9.03. The Morgan fingerprint density at radius 3 is 3.18 bits per heavy atom. The van der Waals surface area contributed by atoms with Crippen molar-refractivity contribution >= 4 is 0 Å². The third kappa shape index (κ3) is 3.70. The molecule has 0 aliphatic carbocycles. The molecule has 1 aliphatic heterocycles. The van der Waals surface area contributed by atoms with Crippen molar-refractivity contribution < 1.29 is 14.6 Å². The highest BCUT2D eigenvalue weighted by Gasteiger charge is 2.18. The third-order valence-electron chi connectivity index (χ3n) is 2.86. The average molecular weight is 237 g/mol. The Hall–Kier alpha value is -1.10. The van der Waals surface area contributed by atoms with Gasteiger partial charge in [0.2, 0.25) is 0 Å². The van der Waals surface area contributed by atoms with Gasteiger partial charge < -0.3 is 19.5 Å². The first-order valence-electron chi connectivity index (χ1n) is 5.90. The van der Waals surface area contributed by atoms with Gasteiger partial charge in [0.15, 0.2) is 0 Å². The number of rotatable bonds is 4. The van der Waals surface area contributed by atoms with Crippen molar-refractivity contribution in [1.29, 1.82) is 0 Å². The van der Waals surface area contributed by atoms with Crippen molar-refractivity contribution in [2.24, 2.45) is 0 Å². The van der Waals surface area contributed by atoms with E-state index in [-0.39, 0.29) is 12.7 Å². The van der Waals surface area contributed by atoms with Gasteiger partial charge in [-0.05, 0) is 24.7 Å². The molecule has 0 aromatic heterocycles. The summed E-state index contributed by atoms with van der Waals surface area (Å²) >= 11 is 0. The van der Waals surface area contributed by atoms with Crippen LogP contribution in [0.2, 0.25) is 0 Å². The standard InChI is InChI=1S/C13H19NO3/c1-14-5-6-16-13(8-14)10-17-12-4-2-3-11(7-12)9-15/h2-4,7,13,15H,5-6,8-10H2,1H3. The van der Waals surface area contributed by atoms with E-state index in [4.69, 9.17) is 14.6 Å². The highest BCUT2D eigenvalue weighted by molar-refractivity contribution is 5.27. The molecule has 1 heterocycles. The highest BCUT2D eigenvalue weighted by atomic mass is 16.5. The fourth-order valence-electron chi connectivity index (χ4n) is 1.89. The molecule has 0 spiro atoms. The molecule has 1 fully saturated rings. The van der Waals surface area contributed by atoms with Gasteiger partial charge in [0, 0.05) is 13.1 Å². The molecule has 1 saturated heterocycles. The first-order valence-corrected chi connectivity index (χ1v) is 5.90. The van der Waals surface area contributed by atoms with Gasteiger partial charge in [0.1, 0.15) is 18.5 Å². The molecule has 0 amide bonds. The fourth-order valence-corrected chi connectivity index (χ4v) is 1.89. The zero-order valence-corrected chi connectivity index (χ0v) is 10.1. The van der Waals surface area contributed by atoms with E-state index in [1.165, 1.54) is 0 Å². The summed E-state index contributed by atoms with van der Waals surface area (Å²) < 4.78 is 11.3. The molecule has 0 saturated carbocycles. The molecule has 4 heteroatoms. The molecule has 1 aromatic carbocycles. The molecule has 1 aliphatic rings. The number of morpholine rings is 1. The van der Waals surface area contributed by atoms with Crippen LogP contribution < -0.4 is 4.74 Å². The van der Waals surface area contributed by atoms with Gasteiger partial charge in [-0.25, -0.2) is 0 Å². The first kappa shape index (κ1) is 12.4. The molecule has 1 aromatic rings. The van der Waals surface area contributed by atoms with Crippen molar-refractivity contribution in [2.75, 3.05) is 33.4 Å². The lowest BCUT2D eigenvalue weighted by Gasteiger charge is -2.29. The summed E-state index contributed by atoms with van der Waals surface area (Å²) in [6, 6.07) is 7.50. The van der Waals surface area contributed by atoms with Crippen molar-refractivity contribution in [2.45, 2.75) is 12.7 Å². The van der Waals surface area contributed by atoms with Crippen LogP contribution in [-0.2, 0) is 11.3 Å². The maximum absolute atomic E-state index is 9.03. The smallest absolute Gasteiger partial charge is 0.119 e. The molecule has 2 rings (SSSR count). The number of hydrogen-bond donors (Lipinski definition) is 1. The normalized spacial score (nSPS) is 21.4. The molecular weight excluding hydrogens is 218 g/mol. The van der Waals surface area contributed by atoms with Crippen LogP contribution in [0, 0.1) is 0 Å². The predicted octanol–water partition coefficient (Wildman–Crippen LogP) is 0.888. The molecule has 4 nitrogen and oxygen atoms in total. The summed E-state index contributed by atoms with van der Waals surface area (Å²) in [6.45, 7) is 3.25. The van der Waals surface area contributed by atoms with Gasteiger partial charge in [-0.1, -0.05) is 12.1 Å². The van der Waals surface area contributed by atoms with Crippen molar-refractivity contribution in [1.82, 2.24) is 4.90 Å². The van der Waals surface area contributed by atoms with Crippen molar-refractivity contribution in [3.05, 3.63) is 29.8 Å². The van der Waals surface area contributed by atoms with Crippen LogP contribution in [0.1, 0.15) is 5.56 Å². The van der Waals surface area contributed by atoms with Crippen molar-refractivity contribution in [3.8, 4) is 5.75 Å². The number of benzene rings is 1. The number of hydrogen-bond acceptors (Lipinski definition) is 4. The summed E-state index contributed by atoms with van der Waals surface area (Å²) in [7, 11) is 2.09. The minimum atomic E-state index is 0.0415. The largest absolute Gasteiger partial charge is 0.491 e. The van der Waals surface area contributed by atoms with E-state index in [9.17, 15) is 0 Å². The number of aliphatic hydroxyl groups is 1. The Labute approximate surface area is 102 Å². The zero-order valence-electron chi connectivity index (χ0n) is 10.1. The molecule has 17 heavy (non-hydrogen) atoms. The van der Waals surface area contributed by atoms with Gasteiger partial charge in [-0.2, -0.15) is 0 Å². The van der Waals surface area contributed by atoms with Crippen LogP contribution in [0.4, 0.5) is 0 Å². The van der Waals surface area contributed by atoms with Crippen LogP contribution in [-0.4, -0.2) is 49.5 Å². The summed E-state index contributed by atoms with van der Waals surface area (Å²) in [6.07, 6.45) is 0.131. The van der Waals surface area contributed by atoms with Crippen molar-refractivity contribution in [3.63, 3.8) is 0 Å². The molecule has 1 unspecified atom stereocenters. The van der Waals surface area contributed by atoms with E-state index in [2.05, 4.69) is 11.9 Å². The highest BCUT2D eigenvalue weighted by Crippen LogP contribution is 2.14. The second-order valence-corrected chi connectivity index (χ2v) is 4.37. The maximum Gasteiger partial charge on any atom is 0.119 e. The minimum absolute atomic E-state index is 0.0415. The minimum Gasteiger partial charge on any atom is -0.491 e. The fraction of sp³-hybridized carbons (Fsp3) is 0.538. The van der Waals surface area contributed by atoms with E-state index >= 15 is 0 Å². The Morgan fingerprint density at radius 2 is 2.41 bits per heavy atom. The second-order valence-electron chi connectivity index (χ2n) is 4.37. The molecule has 0 radical (unpaired) electrons. The van der Waals surface area contributed by atoms with Gasteiger partial charge in [0.05, 0.1) is 13.2 Å². The van der Waals surface area contributed by atoms with Crippen LogP contribution in [0.3, 0.4) is 0 Å². The molecule has 0 bridgehead atoms. The van der Waals surface area contributed by atoms with Gasteiger partial charge in [0.25, 0.3) is 0 Å². The summed E-state index contributed by atoms with van der Waals surface area (Å²) in [5.74, 6) is 0.786.